The van der Waals surface area contributed by atoms with E-state index in [0.717, 1.165) is 20.1 Å². The van der Waals surface area contributed by atoms with Gasteiger partial charge in [0.05, 0.1) is 21.7 Å². The van der Waals surface area contributed by atoms with E-state index in [2.05, 4.69) is 20.9 Å². The maximum atomic E-state index is 12.6. The minimum Gasteiger partial charge on any atom is -0.293 e. The highest BCUT2D eigenvalue weighted by Gasteiger charge is 2.16. The molecule has 1 aromatic heterocycles. The van der Waals surface area contributed by atoms with Crippen LogP contribution in [0.4, 0.5) is 5.69 Å². The molecule has 0 N–H and O–H groups in total. The second-order valence-corrected chi connectivity index (χ2v) is 8.62. The number of nitrogens with zero attached hydrogens (tertiary/aromatic N) is 2. The number of nitro benzene ring substituents is 1. The van der Waals surface area contributed by atoms with E-state index in [4.69, 9.17) is 11.6 Å². The van der Waals surface area contributed by atoms with Gasteiger partial charge in [-0.1, -0.05) is 39.7 Å². The van der Waals surface area contributed by atoms with E-state index < -0.39 is 4.92 Å². The average Bonchev–Trinajstić information content (AvgIpc) is 2.71. The van der Waals surface area contributed by atoms with Crippen molar-refractivity contribution in [2.45, 2.75) is 4.90 Å². The van der Waals surface area contributed by atoms with Crippen LogP contribution in [0.2, 0.25) is 5.02 Å². The highest BCUT2D eigenvalue weighted by Crippen LogP contribution is 2.37. The Morgan fingerprint density at radius 2 is 1.79 bits per heavy atom. The van der Waals surface area contributed by atoms with Gasteiger partial charge in [0.1, 0.15) is 0 Å². The van der Waals surface area contributed by atoms with E-state index in [1.807, 2.05) is 12.1 Å². The Labute approximate surface area is 183 Å². The van der Waals surface area contributed by atoms with Gasteiger partial charge < -0.3 is 0 Å². The lowest BCUT2D eigenvalue weighted by Crippen LogP contribution is -2.02. The van der Waals surface area contributed by atoms with Gasteiger partial charge in [0.2, 0.25) is 0 Å². The summed E-state index contributed by atoms with van der Waals surface area (Å²) in [6, 6.07) is 17.1. The number of fused-ring (bicyclic) bond motifs is 2. The van der Waals surface area contributed by atoms with Gasteiger partial charge >= 0.3 is 0 Å². The lowest BCUT2D eigenvalue weighted by molar-refractivity contribution is -0.384. The molecule has 0 unspecified atom stereocenters. The number of thioether (sulfide) groups is 1. The first kappa shape index (κ1) is 19.8. The van der Waals surface area contributed by atoms with Crippen LogP contribution < -0.4 is 0 Å². The van der Waals surface area contributed by atoms with Crippen LogP contribution in [0.5, 0.6) is 0 Å². The molecule has 5 nitrogen and oxygen atoms in total. The summed E-state index contributed by atoms with van der Waals surface area (Å²) >= 11 is 10.9. The van der Waals surface area contributed by atoms with E-state index in [1.54, 1.807) is 36.4 Å². The molecular formula is C21H12BrClN2O3S. The molecule has 0 atom stereocenters. The fraction of sp³-hybridized carbons (Fsp3) is 0.0476. The highest BCUT2D eigenvalue weighted by atomic mass is 79.9. The zero-order chi connectivity index (χ0) is 20.5. The molecule has 144 valence electrons. The van der Waals surface area contributed by atoms with Crippen LogP contribution in [0, 0.1) is 10.1 Å². The second kappa shape index (κ2) is 8.10. The summed E-state index contributed by atoms with van der Waals surface area (Å²) < 4.78 is 0.907. The Kier molecular flexibility index (Phi) is 5.54. The number of ketones is 1. The predicted molar refractivity (Wildman–Crippen MR) is 120 cm³/mol. The zero-order valence-corrected chi connectivity index (χ0v) is 17.9. The number of rotatable bonds is 5. The Morgan fingerprint density at radius 1 is 1.03 bits per heavy atom. The Morgan fingerprint density at radius 3 is 2.52 bits per heavy atom. The predicted octanol–water partition coefficient (Wildman–Crippen LogP) is 6.69. The van der Waals surface area contributed by atoms with Crippen molar-refractivity contribution < 1.29 is 9.72 Å². The summed E-state index contributed by atoms with van der Waals surface area (Å²) in [5, 5.41) is 13.3. The largest absolute Gasteiger partial charge is 0.293 e. The minimum atomic E-state index is -0.447. The topological polar surface area (TPSA) is 73.1 Å². The molecule has 0 fully saturated rings. The maximum absolute atomic E-state index is 12.6. The highest BCUT2D eigenvalue weighted by molar-refractivity contribution is 9.10. The molecule has 0 bridgehead atoms. The molecule has 0 radical (unpaired) electrons. The lowest BCUT2D eigenvalue weighted by Gasteiger charge is -2.11. The summed E-state index contributed by atoms with van der Waals surface area (Å²) in [4.78, 5) is 28.7. The fourth-order valence-electron chi connectivity index (χ4n) is 2.99. The summed E-state index contributed by atoms with van der Waals surface area (Å²) in [5.41, 5.74) is 1.77. The zero-order valence-electron chi connectivity index (χ0n) is 14.8. The van der Waals surface area contributed by atoms with E-state index in [9.17, 15) is 14.9 Å². The SMILES string of the molecule is O=C(CSc1c2ccc([N+](=O)[O-])cc2nc2ccc(Cl)cc12)c1ccc(Br)cc1. The molecule has 0 saturated carbocycles. The molecule has 4 rings (SSSR count). The number of aromatic nitrogens is 1. The minimum absolute atomic E-state index is 0.00967. The van der Waals surface area contributed by atoms with Gasteiger partial charge in [-0.2, -0.15) is 0 Å². The number of Topliss-reactive ketones (excluding diaryl/α,β-unsaturated/α-hetero) is 1. The standard InChI is InChI=1S/C21H12BrClN2O3S/c22-13-3-1-12(2-4-13)20(26)11-29-21-16-7-6-15(25(27)28)10-19(16)24-18-8-5-14(23)9-17(18)21/h1-10H,11H2. The van der Waals surface area contributed by atoms with Gasteiger partial charge in [-0.15, -0.1) is 11.8 Å². The molecule has 0 aliphatic heterocycles. The van der Waals surface area contributed by atoms with Crippen LogP contribution in [0.3, 0.4) is 0 Å². The quantitative estimate of drug-likeness (QED) is 0.103. The van der Waals surface area contributed by atoms with Gasteiger partial charge in [0.25, 0.3) is 5.69 Å². The Bertz CT molecular complexity index is 1280. The van der Waals surface area contributed by atoms with E-state index in [-0.39, 0.29) is 17.2 Å². The van der Waals surface area contributed by atoms with Crippen molar-refractivity contribution in [2.75, 3.05) is 5.75 Å². The van der Waals surface area contributed by atoms with Crippen molar-refractivity contribution in [1.29, 1.82) is 0 Å². The summed E-state index contributed by atoms with van der Waals surface area (Å²) in [7, 11) is 0. The number of hydrogen-bond donors (Lipinski definition) is 0. The molecule has 0 amide bonds. The number of nitro groups is 1. The van der Waals surface area contributed by atoms with Crippen molar-refractivity contribution in [3.05, 3.63) is 85.8 Å². The normalized spacial score (nSPS) is 11.1. The van der Waals surface area contributed by atoms with E-state index >= 15 is 0 Å². The Hall–Kier alpha value is -2.48. The van der Waals surface area contributed by atoms with Crippen molar-refractivity contribution in [3.63, 3.8) is 0 Å². The Balaban J connectivity index is 1.79. The fourth-order valence-corrected chi connectivity index (χ4v) is 4.52. The number of carbonyl (C=O) groups is 1. The number of carbonyl (C=O) groups excluding carboxylic acids is 1. The van der Waals surface area contributed by atoms with Crippen LogP contribution in [0.25, 0.3) is 21.8 Å². The van der Waals surface area contributed by atoms with Crippen LogP contribution in [-0.4, -0.2) is 21.4 Å². The first-order chi connectivity index (χ1) is 13.9. The molecule has 4 aromatic rings. The van der Waals surface area contributed by atoms with Crippen molar-refractivity contribution in [2.24, 2.45) is 0 Å². The maximum Gasteiger partial charge on any atom is 0.271 e. The molecule has 29 heavy (non-hydrogen) atoms. The van der Waals surface area contributed by atoms with Crippen LogP contribution in [-0.2, 0) is 0 Å². The van der Waals surface area contributed by atoms with E-state index in [1.165, 1.54) is 23.9 Å². The van der Waals surface area contributed by atoms with Gasteiger partial charge in [0.15, 0.2) is 5.78 Å². The monoisotopic (exact) mass is 486 g/mol. The molecule has 0 aliphatic rings. The molecule has 0 saturated heterocycles. The van der Waals surface area contributed by atoms with E-state index in [0.29, 0.717) is 21.6 Å². The van der Waals surface area contributed by atoms with Crippen molar-refractivity contribution in [1.82, 2.24) is 4.98 Å². The van der Waals surface area contributed by atoms with Crippen LogP contribution >= 0.6 is 39.3 Å². The van der Waals surface area contributed by atoms with Crippen LogP contribution in [0.15, 0.2) is 70.0 Å². The third-order valence-electron chi connectivity index (χ3n) is 4.39. The molecular weight excluding hydrogens is 476 g/mol. The second-order valence-electron chi connectivity index (χ2n) is 6.28. The van der Waals surface area contributed by atoms with Gasteiger partial charge in [-0.25, -0.2) is 4.98 Å². The number of halogens is 2. The summed E-state index contributed by atoms with van der Waals surface area (Å²) in [5.74, 6) is 0.212. The smallest absolute Gasteiger partial charge is 0.271 e. The van der Waals surface area contributed by atoms with Crippen molar-refractivity contribution >= 4 is 72.6 Å². The van der Waals surface area contributed by atoms with Gasteiger partial charge in [-0.3, -0.25) is 14.9 Å². The molecule has 0 aliphatic carbocycles. The molecule has 8 heteroatoms. The van der Waals surface area contributed by atoms with Crippen LogP contribution in [0.1, 0.15) is 10.4 Å². The third-order valence-corrected chi connectivity index (χ3v) is 6.29. The number of pyridine rings is 1. The third kappa shape index (κ3) is 4.12. The number of benzene rings is 3. The number of hydrogen-bond acceptors (Lipinski definition) is 5. The van der Waals surface area contributed by atoms with Gasteiger partial charge in [0, 0.05) is 42.9 Å². The molecule has 3 aromatic carbocycles. The average molecular weight is 488 g/mol. The summed E-state index contributed by atoms with van der Waals surface area (Å²) in [6.07, 6.45) is 0. The molecule has 1 heterocycles. The molecule has 0 spiro atoms. The first-order valence-corrected chi connectivity index (χ1v) is 10.7. The van der Waals surface area contributed by atoms with Gasteiger partial charge in [-0.05, 0) is 36.4 Å². The number of non-ortho nitro benzene ring substituents is 1. The lowest BCUT2D eigenvalue weighted by atomic mass is 10.1. The van der Waals surface area contributed by atoms with Crippen molar-refractivity contribution in [3.8, 4) is 0 Å². The summed E-state index contributed by atoms with van der Waals surface area (Å²) in [6.45, 7) is 0. The first-order valence-electron chi connectivity index (χ1n) is 8.51.